The van der Waals surface area contributed by atoms with Crippen molar-refractivity contribution in [1.29, 1.82) is 0 Å². The van der Waals surface area contributed by atoms with Crippen LogP contribution in [-0.4, -0.2) is 26.5 Å². The Bertz CT molecular complexity index is 1300. The highest BCUT2D eigenvalue weighted by Crippen LogP contribution is 2.28. The maximum absolute atomic E-state index is 13.0. The Hall–Kier alpha value is -3.74. The summed E-state index contributed by atoms with van der Waals surface area (Å²) < 4.78 is 1.67. The van der Waals surface area contributed by atoms with Gasteiger partial charge in [-0.05, 0) is 62.6 Å². The molecule has 158 valence electrons. The molecule has 2 N–H and O–H groups in total. The molecular formula is C24H23N3O4. The Morgan fingerprint density at radius 2 is 1.87 bits per heavy atom. The van der Waals surface area contributed by atoms with Crippen LogP contribution in [0.25, 0.3) is 22.6 Å². The normalized spacial score (nSPS) is 14.6. The van der Waals surface area contributed by atoms with Crippen molar-refractivity contribution in [2.24, 2.45) is 5.41 Å². The van der Waals surface area contributed by atoms with Gasteiger partial charge in [-0.15, -0.1) is 0 Å². The summed E-state index contributed by atoms with van der Waals surface area (Å²) in [5.41, 5.74) is 2.34. The predicted octanol–water partition coefficient (Wildman–Crippen LogP) is 3.70. The minimum atomic E-state index is -1.58. The number of hydrogen-bond donors (Lipinski definition) is 2. The Morgan fingerprint density at radius 1 is 1.16 bits per heavy atom. The summed E-state index contributed by atoms with van der Waals surface area (Å²) in [4.78, 5) is 41.4. The van der Waals surface area contributed by atoms with Gasteiger partial charge in [0, 0.05) is 12.2 Å². The second-order valence-corrected chi connectivity index (χ2v) is 8.34. The summed E-state index contributed by atoms with van der Waals surface area (Å²) in [6.45, 7) is 5.28. The SMILES string of the molecule is Cc1ccc(/C=C2\CCn3c2nc2cc(NC(=O)C(C)(C)C(=O)O)ccc2c3=O)cc1. The van der Waals surface area contributed by atoms with Crippen LogP contribution in [0.5, 0.6) is 0 Å². The molecule has 2 aromatic carbocycles. The molecule has 0 spiro atoms. The summed E-state index contributed by atoms with van der Waals surface area (Å²) in [6, 6.07) is 12.9. The molecule has 1 aromatic heterocycles. The number of carboxylic acid groups (broad SMARTS) is 1. The molecule has 0 aliphatic carbocycles. The smallest absolute Gasteiger partial charge is 0.318 e. The first kappa shape index (κ1) is 20.5. The first-order valence-corrected chi connectivity index (χ1v) is 10.0. The number of fused-ring (bicyclic) bond motifs is 2. The number of aromatic nitrogens is 2. The summed E-state index contributed by atoms with van der Waals surface area (Å²) in [6.07, 6.45) is 2.75. The lowest BCUT2D eigenvalue weighted by atomic mass is 9.92. The first-order valence-electron chi connectivity index (χ1n) is 10.0. The Labute approximate surface area is 179 Å². The molecule has 1 amide bonds. The number of rotatable bonds is 4. The maximum atomic E-state index is 13.0. The van der Waals surface area contributed by atoms with Crippen molar-refractivity contribution >= 4 is 40.1 Å². The molecule has 0 saturated carbocycles. The molecule has 0 atom stereocenters. The average molecular weight is 417 g/mol. The fraction of sp³-hybridized carbons (Fsp3) is 0.250. The van der Waals surface area contributed by atoms with Gasteiger partial charge in [-0.25, -0.2) is 4.98 Å². The molecule has 0 fully saturated rings. The van der Waals surface area contributed by atoms with Gasteiger partial charge in [0.1, 0.15) is 11.2 Å². The van der Waals surface area contributed by atoms with E-state index in [2.05, 4.69) is 5.32 Å². The van der Waals surface area contributed by atoms with E-state index in [0.717, 1.165) is 11.1 Å². The minimum Gasteiger partial charge on any atom is -0.480 e. The number of hydrogen-bond acceptors (Lipinski definition) is 4. The van der Waals surface area contributed by atoms with Crippen molar-refractivity contribution in [3.63, 3.8) is 0 Å². The third kappa shape index (κ3) is 3.74. The lowest BCUT2D eigenvalue weighted by Crippen LogP contribution is -2.37. The average Bonchev–Trinajstić information content (AvgIpc) is 3.12. The molecule has 4 rings (SSSR count). The van der Waals surface area contributed by atoms with Crippen molar-refractivity contribution in [3.8, 4) is 0 Å². The van der Waals surface area contributed by atoms with E-state index in [-0.39, 0.29) is 5.56 Å². The Morgan fingerprint density at radius 3 is 2.55 bits per heavy atom. The third-order valence-electron chi connectivity index (χ3n) is 5.63. The number of carbonyl (C=O) groups is 2. The largest absolute Gasteiger partial charge is 0.480 e. The summed E-state index contributed by atoms with van der Waals surface area (Å²) in [5, 5.41) is 12.3. The second-order valence-electron chi connectivity index (χ2n) is 8.34. The van der Waals surface area contributed by atoms with Crippen molar-refractivity contribution in [1.82, 2.24) is 9.55 Å². The topological polar surface area (TPSA) is 101 Å². The molecule has 0 unspecified atom stereocenters. The van der Waals surface area contributed by atoms with Crippen molar-refractivity contribution in [2.45, 2.75) is 33.7 Å². The summed E-state index contributed by atoms with van der Waals surface area (Å²) >= 11 is 0. The van der Waals surface area contributed by atoms with E-state index in [0.29, 0.717) is 35.4 Å². The molecule has 0 radical (unpaired) electrons. The van der Waals surface area contributed by atoms with Crippen LogP contribution in [0.4, 0.5) is 5.69 Å². The molecular weight excluding hydrogens is 394 g/mol. The van der Waals surface area contributed by atoms with E-state index in [1.165, 1.54) is 19.4 Å². The predicted molar refractivity (Wildman–Crippen MR) is 120 cm³/mol. The van der Waals surface area contributed by atoms with E-state index in [9.17, 15) is 19.5 Å². The number of nitrogens with one attached hydrogen (secondary N) is 1. The minimum absolute atomic E-state index is 0.129. The van der Waals surface area contributed by atoms with Crippen molar-refractivity contribution in [2.75, 3.05) is 5.32 Å². The van der Waals surface area contributed by atoms with Crippen LogP contribution in [0.15, 0.2) is 47.3 Å². The highest BCUT2D eigenvalue weighted by atomic mass is 16.4. The van der Waals surface area contributed by atoms with E-state index in [1.807, 2.05) is 37.3 Å². The van der Waals surface area contributed by atoms with Gasteiger partial charge >= 0.3 is 5.97 Å². The Kier molecular flexibility index (Phi) is 4.97. The molecule has 0 bridgehead atoms. The standard InChI is InChI=1S/C24H23N3O4/c1-14-4-6-15(7-5-14)12-16-10-11-27-20(16)26-19-13-17(8-9-18(19)21(27)28)25-22(29)24(2,3)23(30)31/h4-9,12-13H,10-11H2,1-3H3,(H,25,29)(H,30,31)/b16-12+. The summed E-state index contributed by atoms with van der Waals surface area (Å²) in [7, 11) is 0. The van der Waals surface area contributed by atoms with E-state index >= 15 is 0 Å². The molecule has 0 saturated heterocycles. The quantitative estimate of drug-likeness (QED) is 0.631. The highest BCUT2D eigenvalue weighted by Gasteiger charge is 2.36. The van der Waals surface area contributed by atoms with Gasteiger partial charge in [0.25, 0.3) is 5.56 Å². The van der Waals surface area contributed by atoms with Crippen LogP contribution in [0.2, 0.25) is 0 Å². The highest BCUT2D eigenvalue weighted by molar-refractivity contribution is 6.08. The zero-order chi connectivity index (χ0) is 22.3. The summed E-state index contributed by atoms with van der Waals surface area (Å²) in [5.74, 6) is -1.24. The number of carboxylic acids is 1. The zero-order valence-electron chi connectivity index (χ0n) is 17.6. The number of allylic oxidation sites excluding steroid dienone is 1. The number of aryl methyl sites for hydroxylation is 1. The monoisotopic (exact) mass is 417 g/mol. The maximum Gasteiger partial charge on any atom is 0.318 e. The number of anilines is 1. The van der Waals surface area contributed by atoms with E-state index < -0.39 is 17.3 Å². The lowest BCUT2D eigenvalue weighted by molar-refractivity contribution is -0.151. The van der Waals surface area contributed by atoms with Crippen LogP contribution >= 0.6 is 0 Å². The number of amides is 1. The molecule has 1 aliphatic heterocycles. The lowest BCUT2D eigenvalue weighted by Gasteiger charge is -2.18. The number of carbonyl (C=O) groups excluding carboxylic acids is 1. The van der Waals surface area contributed by atoms with Gasteiger partial charge in [0.15, 0.2) is 0 Å². The molecule has 2 heterocycles. The number of benzene rings is 2. The first-order chi connectivity index (χ1) is 14.7. The number of nitrogens with zero attached hydrogens (tertiary/aromatic N) is 2. The zero-order valence-corrected chi connectivity index (χ0v) is 17.6. The van der Waals surface area contributed by atoms with Gasteiger partial charge in [-0.1, -0.05) is 29.8 Å². The van der Waals surface area contributed by atoms with Gasteiger partial charge in [-0.3, -0.25) is 19.0 Å². The molecule has 7 heteroatoms. The van der Waals surface area contributed by atoms with Crippen LogP contribution in [0, 0.1) is 12.3 Å². The third-order valence-corrected chi connectivity index (χ3v) is 5.63. The van der Waals surface area contributed by atoms with Crippen molar-refractivity contribution in [3.05, 3.63) is 69.8 Å². The Balaban J connectivity index is 1.73. The van der Waals surface area contributed by atoms with Gasteiger partial charge < -0.3 is 10.4 Å². The molecule has 31 heavy (non-hydrogen) atoms. The fourth-order valence-corrected chi connectivity index (χ4v) is 3.48. The van der Waals surface area contributed by atoms with Crippen LogP contribution in [-0.2, 0) is 16.1 Å². The van der Waals surface area contributed by atoms with Crippen molar-refractivity contribution < 1.29 is 14.7 Å². The fourth-order valence-electron chi connectivity index (χ4n) is 3.48. The van der Waals surface area contributed by atoms with Crippen LogP contribution in [0.3, 0.4) is 0 Å². The molecule has 1 aliphatic rings. The molecule has 7 nitrogen and oxygen atoms in total. The van der Waals surface area contributed by atoms with Crippen LogP contribution in [0.1, 0.15) is 37.2 Å². The second kappa shape index (κ2) is 7.50. The van der Waals surface area contributed by atoms with Crippen LogP contribution < -0.4 is 10.9 Å². The van der Waals surface area contributed by atoms with Gasteiger partial charge in [-0.2, -0.15) is 0 Å². The molecule has 3 aromatic rings. The van der Waals surface area contributed by atoms with Gasteiger partial charge in [0.05, 0.1) is 10.9 Å². The van der Waals surface area contributed by atoms with Gasteiger partial charge in [0.2, 0.25) is 5.91 Å². The van der Waals surface area contributed by atoms with E-state index in [1.54, 1.807) is 22.8 Å². The number of aliphatic carboxylic acids is 1. The van der Waals surface area contributed by atoms with E-state index in [4.69, 9.17) is 4.98 Å².